The van der Waals surface area contributed by atoms with Crippen molar-refractivity contribution in [1.82, 2.24) is 14.8 Å². The summed E-state index contributed by atoms with van der Waals surface area (Å²) in [5.74, 6) is 2.23. The van der Waals surface area contributed by atoms with Crippen molar-refractivity contribution in [3.8, 4) is 11.5 Å². The molecule has 1 saturated heterocycles. The lowest BCUT2D eigenvalue weighted by Crippen LogP contribution is -2.48. The summed E-state index contributed by atoms with van der Waals surface area (Å²) in [7, 11) is 0. The summed E-state index contributed by atoms with van der Waals surface area (Å²) in [6.07, 6.45) is 3.84. The van der Waals surface area contributed by atoms with E-state index in [2.05, 4.69) is 25.9 Å². The first-order chi connectivity index (χ1) is 11.2. The van der Waals surface area contributed by atoms with Gasteiger partial charge in [0.1, 0.15) is 0 Å². The minimum Gasteiger partial charge on any atom is -0.454 e. The first-order valence-electron chi connectivity index (χ1n) is 7.38. The van der Waals surface area contributed by atoms with Gasteiger partial charge in [-0.1, -0.05) is 11.3 Å². The van der Waals surface area contributed by atoms with Crippen LogP contribution in [0.15, 0.2) is 29.0 Å². The van der Waals surface area contributed by atoms with Crippen LogP contribution in [0.25, 0.3) is 10.2 Å². The molecule has 0 N–H and O–H groups in total. The Labute approximate surface area is 144 Å². The van der Waals surface area contributed by atoms with Crippen molar-refractivity contribution in [3.63, 3.8) is 0 Å². The fourth-order valence-corrected chi connectivity index (χ4v) is 4.31. The van der Waals surface area contributed by atoms with Crippen LogP contribution in [0.2, 0.25) is 0 Å². The summed E-state index contributed by atoms with van der Waals surface area (Å²) >= 11 is 5.14. The van der Waals surface area contributed by atoms with Crippen molar-refractivity contribution in [2.75, 3.05) is 24.8 Å². The number of aromatic nitrogens is 3. The second-order valence-corrected chi connectivity index (χ2v) is 7.75. The van der Waals surface area contributed by atoms with Gasteiger partial charge in [-0.2, -0.15) is 5.10 Å². The van der Waals surface area contributed by atoms with Gasteiger partial charge in [-0.25, -0.2) is 4.98 Å². The number of thiazole rings is 1. The van der Waals surface area contributed by atoms with Crippen LogP contribution < -0.4 is 14.4 Å². The minimum absolute atomic E-state index is 0.302. The van der Waals surface area contributed by atoms with Crippen LogP contribution in [-0.2, 0) is 6.54 Å². The summed E-state index contributed by atoms with van der Waals surface area (Å²) in [6.45, 7) is 3.29. The molecule has 0 amide bonds. The summed E-state index contributed by atoms with van der Waals surface area (Å²) in [4.78, 5) is 7.06. The highest BCUT2D eigenvalue weighted by molar-refractivity contribution is 9.10. The highest BCUT2D eigenvalue weighted by atomic mass is 79.9. The maximum absolute atomic E-state index is 5.43. The summed E-state index contributed by atoms with van der Waals surface area (Å²) in [6, 6.07) is 3.99. The summed E-state index contributed by atoms with van der Waals surface area (Å²) in [5, 5.41) is 5.39. The molecule has 1 aromatic carbocycles. The van der Waals surface area contributed by atoms with Crippen LogP contribution in [0.3, 0.4) is 0 Å². The molecule has 2 aliphatic heterocycles. The molecule has 1 fully saturated rings. The molecule has 118 valence electrons. The van der Waals surface area contributed by atoms with Crippen LogP contribution >= 0.6 is 27.3 Å². The minimum atomic E-state index is 0.302. The lowest BCUT2D eigenvalue weighted by Gasteiger charge is -2.39. The van der Waals surface area contributed by atoms with E-state index < -0.39 is 0 Å². The van der Waals surface area contributed by atoms with Gasteiger partial charge in [0, 0.05) is 43.9 Å². The highest BCUT2D eigenvalue weighted by Crippen LogP contribution is 2.40. The van der Waals surface area contributed by atoms with Gasteiger partial charge < -0.3 is 14.4 Å². The van der Waals surface area contributed by atoms with Crippen LogP contribution in [0.5, 0.6) is 11.5 Å². The molecule has 23 heavy (non-hydrogen) atoms. The molecule has 6 nitrogen and oxygen atoms in total. The number of nitrogens with zero attached hydrogens (tertiary/aromatic N) is 4. The van der Waals surface area contributed by atoms with Gasteiger partial charge >= 0.3 is 0 Å². The van der Waals surface area contributed by atoms with Gasteiger partial charge in [0.05, 0.1) is 20.9 Å². The van der Waals surface area contributed by atoms with Gasteiger partial charge in [-0.3, -0.25) is 4.68 Å². The number of fused-ring (bicyclic) bond motifs is 2. The van der Waals surface area contributed by atoms with Crippen LogP contribution in [0, 0.1) is 5.92 Å². The Morgan fingerprint density at radius 1 is 1.26 bits per heavy atom. The molecule has 0 saturated carbocycles. The number of rotatable bonds is 3. The third-order valence-corrected chi connectivity index (χ3v) is 5.63. The van der Waals surface area contributed by atoms with E-state index in [1.807, 2.05) is 29.2 Å². The fraction of sp³-hybridized carbons (Fsp3) is 0.333. The second kappa shape index (κ2) is 5.10. The molecule has 5 rings (SSSR count). The van der Waals surface area contributed by atoms with E-state index in [1.54, 1.807) is 11.3 Å². The number of ether oxygens (including phenoxy) is 2. The van der Waals surface area contributed by atoms with E-state index in [0.717, 1.165) is 51.0 Å². The third-order valence-electron chi connectivity index (χ3n) is 4.15. The molecule has 0 unspecified atom stereocenters. The molecule has 0 spiro atoms. The smallest absolute Gasteiger partial charge is 0.231 e. The Morgan fingerprint density at radius 3 is 2.87 bits per heavy atom. The van der Waals surface area contributed by atoms with Gasteiger partial charge in [0.15, 0.2) is 16.6 Å². The molecular weight excluding hydrogens is 380 g/mol. The Hall–Kier alpha value is -1.80. The molecular formula is C15H13BrN4O2S. The van der Waals surface area contributed by atoms with Crippen molar-refractivity contribution in [3.05, 3.63) is 29.0 Å². The van der Waals surface area contributed by atoms with Gasteiger partial charge in [0.2, 0.25) is 6.79 Å². The molecule has 0 aliphatic carbocycles. The molecule has 0 atom stereocenters. The van der Waals surface area contributed by atoms with Gasteiger partial charge in [-0.05, 0) is 15.9 Å². The first kappa shape index (κ1) is 13.6. The largest absolute Gasteiger partial charge is 0.454 e. The predicted molar refractivity (Wildman–Crippen MR) is 91.4 cm³/mol. The molecule has 4 heterocycles. The number of halogens is 1. The fourth-order valence-electron chi connectivity index (χ4n) is 2.99. The molecule has 3 aromatic rings. The first-order valence-corrected chi connectivity index (χ1v) is 8.99. The number of hydrogen-bond donors (Lipinski definition) is 0. The maximum atomic E-state index is 5.43. The topological polar surface area (TPSA) is 52.4 Å². The summed E-state index contributed by atoms with van der Waals surface area (Å²) in [5.41, 5.74) is 0.980. The van der Waals surface area contributed by atoms with Gasteiger partial charge in [-0.15, -0.1) is 0 Å². The number of benzene rings is 1. The average molecular weight is 393 g/mol. The lowest BCUT2D eigenvalue weighted by molar-refractivity contribution is 0.174. The van der Waals surface area contributed by atoms with E-state index in [1.165, 1.54) is 0 Å². The van der Waals surface area contributed by atoms with E-state index in [4.69, 9.17) is 14.5 Å². The van der Waals surface area contributed by atoms with Crippen molar-refractivity contribution in [2.24, 2.45) is 5.92 Å². The zero-order chi connectivity index (χ0) is 15.4. The van der Waals surface area contributed by atoms with Crippen LogP contribution in [0.4, 0.5) is 5.13 Å². The zero-order valence-corrected chi connectivity index (χ0v) is 14.5. The van der Waals surface area contributed by atoms with E-state index in [9.17, 15) is 0 Å². The molecule has 2 aromatic heterocycles. The van der Waals surface area contributed by atoms with Crippen LogP contribution in [-0.4, -0.2) is 34.6 Å². The number of hydrogen-bond acceptors (Lipinski definition) is 6. The van der Waals surface area contributed by atoms with E-state index >= 15 is 0 Å². The summed E-state index contributed by atoms with van der Waals surface area (Å²) < 4.78 is 15.0. The highest BCUT2D eigenvalue weighted by Gasteiger charge is 2.30. The number of anilines is 1. The molecule has 2 aliphatic rings. The van der Waals surface area contributed by atoms with Crippen molar-refractivity contribution in [1.29, 1.82) is 0 Å². The van der Waals surface area contributed by atoms with E-state index in [-0.39, 0.29) is 0 Å². The zero-order valence-electron chi connectivity index (χ0n) is 12.1. The second-order valence-electron chi connectivity index (χ2n) is 5.82. The van der Waals surface area contributed by atoms with Crippen molar-refractivity contribution >= 4 is 42.6 Å². The predicted octanol–water partition coefficient (Wildman–Crippen LogP) is 3.12. The average Bonchev–Trinajstić information content (AvgIpc) is 3.18. The van der Waals surface area contributed by atoms with Crippen LogP contribution in [0.1, 0.15) is 0 Å². The quantitative estimate of drug-likeness (QED) is 0.685. The Kier molecular flexibility index (Phi) is 3.02. The van der Waals surface area contributed by atoms with Crippen molar-refractivity contribution < 1.29 is 9.47 Å². The SMILES string of the molecule is Brc1cnn(CC2CN(c3nc4cc5c(cc4s3)OCO5)C2)c1. The Bertz CT molecular complexity index is 846. The Morgan fingerprint density at radius 2 is 2.09 bits per heavy atom. The lowest BCUT2D eigenvalue weighted by atomic mass is 10.0. The van der Waals surface area contributed by atoms with Gasteiger partial charge in [0.25, 0.3) is 0 Å². The normalized spacial score (nSPS) is 17.0. The standard InChI is InChI=1S/C15H13BrN4O2S/c16-10-3-17-20(7-10)6-9-4-19(5-9)15-18-11-1-12-13(22-8-21-12)2-14(11)23-15/h1-3,7,9H,4-6,8H2. The van der Waals surface area contributed by atoms with Crippen molar-refractivity contribution in [2.45, 2.75) is 6.54 Å². The molecule has 0 bridgehead atoms. The van der Waals surface area contributed by atoms with E-state index in [0.29, 0.717) is 12.7 Å². The maximum Gasteiger partial charge on any atom is 0.231 e. The third kappa shape index (κ3) is 2.36. The molecule has 0 radical (unpaired) electrons. The Balaban J connectivity index is 1.31. The monoisotopic (exact) mass is 392 g/mol. The molecule has 8 heteroatoms.